The first-order chi connectivity index (χ1) is 11.7. The van der Waals surface area contributed by atoms with E-state index in [1.165, 1.54) is 11.1 Å². The molecule has 0 unspecified atom stereocenters. The molecule has 1 fully saturated rings. The number of amides is 1. The largest absolute Gasteiger partial charge is 0.369 e. The lowest BCUT2D eigenvalue weighted by Crippen LogP contribution is -2.36. The number of rotatable bonds is 5. The molecule has 3 N–H and O–H groups in total. The predicted octanol–water partition coefficient (Wildman–Crippen LogP) is 1.78. The fourth-order valence-corrected chi connectivity index (χ4v) is 4.45. The van der Waals surface area contributed by atoms with Crippen LogP contribution in [0, 0.1) is 0 Å². The molecular formula is C18H23N3O3S. The summed E-state index contributed by atoms with van der Waals surface area (Å²) in [5, 5.41) is 0.936. The average Bonchev–Trinajstić information content (AvgIpc) is 3.11. The highest BCUT2D eigenvalue weighted by atomic mass is 32.2. The molecule has 1 aliphatic heterocycles. The minimum atomic E-state index is -3.44. The number of carbonyl (C=O) groups is 1. The molecule has 1 aliphatic carbocycles. The maximum Gasteiger partial charge on any atom is 0.249 e. The van der Waals surface area contributed by atoms with Crippen LogP contribution in [0.3, 0.4) is 0 Å². The van der Waals surface area contributed by atoms with Gasteiger partial charge in [-0.1, -0.05) is 12.2 Å². The molecule has 1 heterocycles. The molecular weight excluding hydrogens is 338 g/mol. The summed E-state index contributed by atoms with van der Waals surface area (Å²) in [5.74, 6) is -0.414. The van der Waals surface area contributed by atoms with Crippen molar-refractivity contribution in [1.29, 1.82) is 0 Å². The Bertz CT molecular complexity index is 887. The summed E-state index contributed by atoms with van der Waals surface area (Å²) >= 11 is 0. The number of hydrogen-bond donors (Lipinski definition) is 2. The minimum Gasteiger partial charge on any atom is -0.369 e. The van der Waals surface area contributed by atoms with E-state index in [9.17, 15) is 13.2 Å². The van der Waals surface area contributed by atoms with Crippen LogP contribution in [0.2, 0.25) is 0 Å². The summed E-state index contributed by atoms with van der Waals surface area (Å²) in [7, 11) is -3.44. The molecule has 25 heavy (non-hydrogen) atoms. The fourth-order valence-electron chi connectivity index (χ4n) is 3.70. The van der Waals surface area contributed by atoms with E-state index in [0.29, 0.717) is 12.1 Å². The molecule has 134 valence electrons. The zero-order valence-corrected chi connectivity index (χ0v) is 15.3. The molecule has 0 spiro atoms. The van der Waals surface area contributed by atoms with Crippen LogP contribution in [0.25, 0.3) is 5.57 Å². The van der Waals surface area contributed by atoms with Gasteiger partial charge in [-0.3, -0.25) is 4.79 Å². The number of sulfonamides is 1. The lowest BCUT2D eigenvalue weighted by atomic mass is 9.97. The van der Waals surface area contributed by atoms with Crippen LogP contribution in [0.15, 0.2) is 29.7 Å². The van der Waals surface area contributed by atoms with Gasteiger partial charge in [0.25, 0.3) is 0 Å². The summed E-state index contributed by atoms with van der Waals surface area (Å²) in [6.07, 6.45) is 1.45. The molecule has 3 rings (SSSR count). The fraction of sp³-hybridized carbons (Fsp3) is 0.389. The summed E-state index contributed by atoms with van der Waals surface area (Å²) < 4.78 is 26.0. The van der Waals surface area contributed by atoms with E-state index in [-0.39, 0.29) is 6.04 Å². The number of nitrogens with two attached hydrogens (primary N) is 1. The van der Waals surface area contributed by atoms with Gasteiger partial charge in [0.15, 0.2) is 0 Å². The van der Waals surface area contributed by atoms with Gasteiger partial charge in [-0.2, -0.15) is 0 Å². The van der Waals surface area contributed by atoms with Gasteiger partial charge in [-0.05, 0) is 50.0 Å². The van der Waals surface area contributed by atoms with Crippen molar-refractivity contribution in [1.82, 2.24) is 4.72 Å². The predicted molar refractivity (Wildman–Crippen MR) is 99.8 cm³/mol. The number of fused-ring (bicyclic) bond motifs is 1. The third kappa shape index (κ3) is 3.21. The second-order valence-corrected chi connectivity index (χ2v) is 8.35. The maximum absolute atomic E-state index is 11.8. The Morgan fingerprint density at radius 1 is 1.40 bits per heavy atom. The minimum absolute atomic E-state index is 0.152. The van der Waals surface area contributed by atoms with Crippen molar-refractivity contribution >= 4 is 27.2 Å². The van der Waals surface area contributed by atoms with Crippen molar-refractivity contribution < 1.29 is 13.2 Å². The number of nitrogens with one attached hydrogen (secondary N) is 1. The lowest BCUT2D eigenvalue weighted by molar-refractivity contribution is 0.0999. The monoisotopic (exact) mass is 361 g/mol. The topological polar surface area (TPSA) is 92.5 Å². The molecule has 0 bridgehead atoms. The number of benzene rings is 1. The van der Waals surface area contributed by atoms with Crippen molar-refractivity contribution in [2.24, 2.45) is 5.73 Å². The Morgan fingerprint density at radius 2 is 2.12 bits per heavy atom. The highest BCUT2D eigenvalue weighted by Crippen LogP contribution is 2.41. The van der Waals surface area contributed by atoms with Crippen LogP contribution in [-0.2, 0) is 16.4 Å². The number of nitrogens with zero attached hydrogens (tertiary/aromatic N) is 1. The Hall–Kier alpha value is -2.12. The highest BCUT2D eigenvalue weighted by Gasteiger charge is 2.30. The second-order valence-electron chi connectivity index (χ2n) is 6.69. The summed E-state index contributed by atoms with van der Waals surface area (Å²) in [6, 6.07) is 3.55. The van der Waals surface area contributed by atoms with Gasteiger partial charge >= 0.3 is 0 Å². The van der Waals surface area contributed by atoms with Crippen LogP contribution in [0.1, 0.15) is 41.8 Å². The maximum atomic E-state index is 11.8. The molecule has 2 aliphatic rings. The van der Waals surface area contributed by atoms with E-state index >= 15 is 0 Å². The number of carbonyl (C=O) groups excluding carboxylic acids is 1. The molecule has 1 aromatic carbocycles. The van der Waals surface area contributed by atoms with E-state index in [0.717, 1.165) is 41.6 Å². The van der Waals surface area contributed by atoms with Gasteiger partial charge in [-0.15, -0.1) is 0 Å². The van der Waals surface area contributed by atoms with Gasteiger partial charge in [0.1, 0.15) is 0 Å². The normalized spacial score (nSPS) is 20.1. The van der Waals surface area contributed by atoms with Crippen LogP contribution in [0.4, 0.5) is 5.69 Å². The van der Waals surface area contributed by atoms with E-state index in [1.807, 2.05) is 6.07 Å². The first-order valence-corrected chi connectivity index (χ1v) is 9.80. The van der Waals surface area contributed by atoms with Crippen LogP contribution in [-0.4, -0.2) is 33.5 Å². The Kier molecular flexibility index (Phi) is 4.47. The third-order valence-electron chi connectivity index (χ3n) is 5.09. The van der Waals surface area contributed by atoms with Crippen molar-refractivity contribution in [3.8, 4) is 0 Å². The van der Waals surface area contributed by atoms with Crippen molar-refractivity contribution in [3.05, 3.63) is 46.4 Å². The van der Waals surface area contributed by atoms with Crippen molar-refractivity contribution in [2.75, 3.05) is 18.0 Å². The van der Waals surface area contributed by atoms with Gasteiger partial charge in [-0.25, -0.2) is 13.1 Å². The van der Waals surface area contributed by atoms with Gasteiger partial charge in [0, 0.05) is 41.4 Å². The first-order valence-electron chi connectivity index (χ1n) is 8.25. The molecule has 6 nitrogen and oxygen atoms in total. The van der Waals surface area contributed by atoms with Crippen molar-refractivity contribution in [3.63, 3.8) is 0 Å². The Morgan fingerprint density at radius 3 is 2.76 bits per heavy atom. The van der Waals surface area contributed by atoms with E-state index < -0.39 is 15.9 Å². The second kappa shape index (κ2) is 6.31. The van der Waals surface area contributed by atoms with Crippen LogP contribution in [0.5, 0.6) is 0 Å². The van der Waals surface area contributed by atoms with Gasteiger partial charge in [0.05, 0.1) is 0 Å². The lowest BCUT2D eigenvalue weighted by Gasteiger charge is -2.23. The third-order valence-corrected chi connectivity index (χ3v) is 6.19. The SMILES string of the molecule is C=CS(=O)(=O)N[C@@H]1CCN(c2ccc(C(N)=O)c3c2C(C)=C(C)C3)C1. The van der Waals surface area contributed by atoms with E-state index in [4.69, 9.17) is 5.73 Å². The van der Waals surface area contributed by atoms with Crippen LogP contribution < -0.4 is 15.4 Å². The molecule has 0 saturated carbocycles. The van der Waals surface area contributed by atoms with E-state index in [1.54, 1.807) is 6.07 Å². The molecule has 1 aromatic rings. The Balaban J connectivity index is 1.94. The zero-order chi connectivity index (χ0) is 18.4. The number of primary amides is 1. The smallest absolute Gasteiger partial charge is 0.249 e. The summed E-state index contributed by atoms with van der Waals surface area (Å²) in [4.78, 5) is 13.9. The molecule has 7 heteroatoms. The molecule has 0 radical (unpaired) electrons. The number of anilines is 1. The molecule has 1 amide bonds. The molecule has 0 aromatic heterocycles. The average molecular weight is 361 g/mol. The van der Waals surface area contributed by atoms with Crippen molar-refractivity contribution in [2.45, 2.75) is 32.7 Å². The van der Waals surface area contributed by atoms with Gasteiger partial charge < -0.3 is 10.6 Å². The first kappa shape index (κ1) is 17.7. The summed E-state index contributed by atoms with van der Waals surface area (Å²) in [6.45, 7) is 8.79. The van der Waals surface area contributed by atoms with E-state index in [2.05, 4.69) is 30.0 Å². The number of hydrogen-bond acceptors (Lipinski definition) is 4. The quantitative estimate of drug-likeness (QED) is 0.836. The number of allylic oxidation sites excluding steroid dienone is 2. The zero-order valence-electron chi connectivity index (χ0n) is 14.5. The standard InChI is InChI=1S/C18H23N3O3S/c1-4-25(23,24)20-13-7-8-21(10-13)16-6-5-14(18(19)22)15-9-11(2)12(3)17(15)16/h4-6,13,20H,1,7-10H2,2-3H3,(H2,19,22)/t13-/m1/s1. The highest BCUT2D eigenvalue weighted by molar-refractivity contribution is 7.92. The molecule has 1 atom stereocenters. The molecule has 1 saturated heterocycles. The summed E-state index contributed by atoms with van der Waals surface area (Å²) in [5.41, 5.74) is 11.6. The van der Waals surface area contributed by atoms with Gasteiger partial charge in [0.2, 0.25) is 15.9 Å². The van der Waals surface area contributed by atoms with Crippen LogP contribution >= 0.6 is 0 Å². The Labute approximate surface area is 148 Å².